The topological polar surface area (TPSA) is 154 Å². The summed E-state index contributed by atoms with van der Waals surface area (Å²) in [6.45, 7) is 4.97. The van der Waals surface area contributed by atoms with Gasteiger partial charge in [-0.05, 0) is 27.2 Å². The van der Waals surface area contributed by atoms with Crippen LogP contribution >= 0.6 is 0 Å². The van der Waals surface area contributed by atoms with Gasteiger partial charge in [0.15, 0.2) is 0 Å². The lowest BCUT2D eigenvalue weighted by Gasteiger charge is -2.23. The molecule has 3 amide bonds. The average molecular weight is 365 g/mol. The van der Waals surface area contributed by atoms with Crippen molar-refractivity contribution >= 4 is 28.0 Å². The lowest BCUT2D eigenvalue weighted by Crippen LogP contribution is -2.47. The summed E-state index contributed by atoms with van der Waals surface area (Å²) in [5, 5.41) is 4.67. The van der Waals surface area contributed by atoms with Gasteiger partial charge in [0, 0.05) is 12.3 Å². The van der Waals surface area contributed by atoms with Crippen LogP contribution in [0.5, 0.6) is 0 Å². The maximum absolute atomic E-state index is 11.9. The van der Waals surface area contributed by atoms with Crippen LogP contribution in [0.2, 0.25) is 0 Å². The molecule has 4 N–H and O–H groups in total. The average Bonchev–Trinajstić information content (AvgIpc) is 2.63. The van der Waals surface area contributed by atoms with E-state index in [1.807, 2.05) is 0 Å². The van der Waals surface area contributed by atoms with E-state index in [0.717, 1.165) is 6.26 Å². The van der Waals surface area contributed by atoms with Gasteiger partial charge in [-0.2, -0.15) is 8.42 Å². The van der Waals surface area contributed by atoms with E-state index < -0.39 is 51.8 Å². The first-order valence-electron chi connectivity index (χ1n) is 7.24. The Kier molecular flexibility index (Phi) is 6.17. The van der Waals surface area contributed by atoms with Crippen LogP contribution in [0.3, 0.4) is 0 Å². The van der Waals surface area contributed by atoms with E-state index >= 15 is 0 Å². The van der Waals surface area contributed by atoms with Crippen molar-refractivity contribution < 1.29 is 31.7 Å². The highest BCUT2D eigenvalue weighted by Gasteiger charge is 2.37. The number of ether oxygens (including phenoxy) is 1. The maximum Gasteiger partial charge on any atom is 0.408 e. The Bertz CT molecular complexity index is 612. The highest BCUT2D eigenvalue weighted by Crippen LogP contribution is 2.22. The Hall–Kier alpha value is -1.88. The smallest absolute Gasteiger partial charge is 0.408 e. The van der Waals surface area contributed by atoms with Crippen molar-refractivity contribution in [3.8, 4) is 0 Å². The molecule has 1 aliphatic rings. The van der Waals surface area contributed by atoms with Gasteiger partial charge in [0.1, 0.15) is 17.9 Å². The van der Waals surface area contributed by atoms with Crippen LogP contribution in [0.1, 0.15) is 33.6 Å². The fraction of sp³-hybridized carbons (Fsp3) is 0.769. The predicted octanol–water partition coefficient (Wildman–Crippen LogP) is -0.806. The molecule has 0 bridgehead atoms. The van der Waals surface area contributed by atoms with E-state index in [-0.39, 0.29) is 12.8 Å². The maximum atomic E-state index is 11.9. The summed E-state index contributed by atoms with van der Waals surface area (Å²) in [4.78, 5) is 35.1. The quantitative estimate of drug-likeness (QED) is 0.520. The molecule has 0 aromatic carbocycles. The van der Waals surface area contributed by atoms with Gasteiger partial charge in [-0.25, -0.2) is 8.98 Å². The third-order valence-electron chi connectivity index (χ3n) is 3.02. The molecule has 0 spiro atoms. The molecule has 1 rings (SSSR count). The molecule has 1 aliphatic heterocycles. The van der Waals surface area contributed by atoms with Gasteiger partial charge >= 0.3 is 6.09 Å². The second-order valence-corrected chi connectivity index (χ2v) is 8.17. The summed E-state index contributed by atoms with van der Waals surface area (Å²) in [6.07, 6.45) is -1.04. The minimum Gasteiger partial charge on any atom is -0.444 e. The lowest BCUT2D eigenvalue weighted by molar-refractivity contribution is -0.124. The number of alkyl carbamates (subject to hydrolysis) is 1. The van der Waals surface area contributed by atoms with Gasteiger partial charge in [0.25, 0.3) is 10.1 Å². The number of nitrogens with one attached hydrogen (secondary N) is 2. The Morgan fingerprint density at radius 2 is 2.00 bits per heavy atom. The molecular formula is C13H23N3O7S. The van der Waals surface area contributed by atoms with Crippen LogP contribution < -0.4 is 16.4 Å². The summed E-state index contributed by atoms with van der Waals surface area (Å²) in [7, 11) is -3.73. The van der Waals surface area contributed by atoms with Gasteiger partial charge < -0.3 is 21.1 Å². The summed E-state index contributed by atoms with van der Waals surface area (Å²) in [5.74, 6) is -2.05. The second-order valence-electron chi connectivity index (χ2n) is 6.57. The summed E-state index contributed by atoms with van der Waals surface area (Å²) < 4.78 is 31.9. The van der Waals surface area contributed by atoms with Crippen molar-refractivity contribution in [3.63, 3.8) is 0 Å². The molecule has 10 nitrogen and oxygen atoms in total. The molecule has 0 radical (unpaired) electrons. The fourth-order valence-corrected chi connectivity index (χ4v) is 2.71. The molecule has 0 aromatic rings. The molecule has 1 unspecified atom stereocenters. The van der Waals surface area contributed by atoms with Gasteiger partial charge in [-0.3, -0.25) is 9.59 Å². The number of carbonyl (C=O) groups is 3. The van der Waals surface area contributed by atoms with Crippen LogP contribution in [0, 0.1) is 5.92 Å². The summed E-state index contributed by atoms with van der Waals surface area (Å²) >= 11 is 0. The number of hydrogen-bond acceptors (Lipinski definition) is 7. The van der Waals surface area contributed by atoms with Crippen molar-refractivity contribution in [1.29, 1.82) is 0 Å². The molecule has 11 heteroatoms. The van der Waals surface area contributed by atoms with Gasteiger partial charge in [0.05, 0.1) is 6.26 Å². The zero-order chi connectivity index (χ0) is 18.7. The van der Waals surface area contributed by atoms with Gasteiger partial charge in [0.2, 0.25) is 11.8 Å². The largest absolute Gasteiger partial charge is 0.444 e. The molecular weight excluding hydrogens is 342 g/mol. The third kappa shape index (κ3) is 7.13. The van der Waals surface area contributed by atoms with Crippen molar-refractivity contribution in [2.75, 3.05) is 6.26 Å². The van der Waals surface area contributed by atoms with Crippen molar-refractivity contribution in [2.45, 2.75) is 51.5 Å². The Labute approximate surface area is 140 Å². The van der Waals surface area contributed by atoms with E-state index in [2.05, 4.69) is 10.6 Å². The van der Waals surface area contributed by atoms with E-state index in [4.69, 9.17) is 14.7 Å². The first kappa shape index (κ1) is 20.2. The normalized spacial score (nSPS) is 22.6. The molecule has 1 fully saturated rings. The standard InChI is InChI=1S/C13H23N3O7S/c1-13(2,3)22-12(19)15-8(10(14)17)5-7-6-9(16-11(7)18)23-24(4,20)21/h7-9H,5-6H2,1-4H3,(H2,14,17)(H,15,19)(H,16,18)/t7-,8+,9?/m1/s1. The number of primary amides is 1. The zero-order valence-electron chi connectivity index (χ0n) is 14.0. The third-order valence-corrected chi connectivity index (χ3v) is 3.60. The predicted molar refractivity (Wildman–Crippen MR) is 82.9 cm³/mol. The number of nitrogens with two attached hydrogens (primary N) is 1. The van der Waals surface area contributed by atoms with E-state index in [0.29, 0.717) is 0 Å². The second kappa shape index (κ2) is 7.34. The van der Waals surface area contributed by atoms with E-state index in [1.54, 1.807) is 20.8 Å². The van der Waals surface area contributed by atoms with Crippen LogP contribution in [-0.2, 0) is 28.6 Å². The number of rotatable bonds is 6. The molecule has 3 atom stereocenters. The number of amides is 3. The molecule has 0 aromatic heterocycles. The van der Waals surface area contributed by atoms with Crippen molar-refractivity contribution in [3.05, 3.63) is 0 Å². The molecule has 0 aliphatic carbocycles. The van der Waals surface area contributed by atoms with Crippen LogP contribution in [0.25, 0.3) is 0 Å². The molecule has 138 valence electrons. The van der Waals surface area contributed by atoms with Crippen LogP contribution in [-0.4, -0.2) is 50.5 Å². The van der Waals surface area contributed by atoms with E-state index in [1.165, 1.54) is 0 Å². The van der Waals surface area contributed by atoms with Gasteiger partial charge in [-0.15, -0.1) is 0 Å². The highest BCUT2D eigenvalue weighted by atomic mass is 32.2. The number of carbonyl (C=O) groups excluding carboxylic acids is 3. The minimum atomic E-state index is -3.73. The Morgan fingerprint density at radius 3 is 2.46 bits per heavy atom. The number of hydrogen-bond donors (Lipinski definition) is 3. The van der Waals surface area contributed by atoms with E-state index in [9.17, 15) is 22.8 Å². The van der Waals surface area contributed by atoms with Crippen molar-refractivity contribution in [2.24, 2.45) is 11.7 Å². The minimum absolute atomic E-state index is 0.0334. The molecule has 24 heavy (non-hydrogen) atoms. The van der Waals surface area contributed by atoms with Crippen molar-refractivity contribution in [1.82, 2.24) is 10.6 Å². The zero-order valence-corrected chi connectivity index (χ0v) is 14.8. The fourth-order valence-electron chi connectivity index (χ4n) is 2.16. The monoisotopic (exact) mass is 365 g/mol. The highest BCUT2D eigenvalue weighted by molar-refractivity contribution is 7.86. The van der Waals surface area contributed by atoms with Gasteiger partial charge in [-0.1, -0.05) is 0 Å². The summed E-state index contributed by atoms with van der Waals surface area (Å²) in [5.41, 5.74) is 4.48. The lowest BCUT2D eigenvalue weighted by atomic mass is 9.98. The van der Waals surface area contributed by atoms with Crippen LogP contribution in [0.4, 0.5) is 4.79 Å². The first-order valence-corrected chi connectivity index (χ1v) is 9.06. The first-order chi connectivity index (χ1) is 10.8. The SMILES string of the molecule is CC(C)(C)OC(=O)N[C@@H](C[C@@H]1CC(OS(C)(=O)=O)NC1=O)C(N)=O. The Balaban J connectivity index is 2.67. The molecule has 1 saturated heterocycles. The Morgan fingerprint density at radius 1 is 1.42 bits per heavy atom. The summed E-state index contributed by atoms with van der Waals surface area (Å²) in [6, 6.07) is -1.13. The molecule has 1 heterocycles. The van der Waals surface area contributed by atoms with Crippen LogP contribution in [0.15, 0.2) is 0 Å². The molecule has 0 saturated carbocycles.